The highest BCUT2D eigenvalue weighted by molar-refractivity contribution is 5.85. The summed E-state index contributed by atoms with van der Waals surface area (Å²) in [6, 6.07) is 0. The molecular formula is C7H6F4N2O2. The summed E-state index contributed by atoms with van der Waals surface area (Å²) in [7, 11) is 0. The molecule has 0 aromatic carbocycles. The Balaban J connectivity index is 2.93. The largest absolute Gasteiger partial charge is 0.476 e. The van der Waals surface area contributed by atoms with Crippen LogP contribution in [0.25, 0.3) is 0 Å². The van der Waals surface area contributed by atoms with Crippen LogP contribution in [0.15, 0.2) is 0 Å². The van der Waals surface area contributed by atoms with Gasteiger partial charge in [0.15, 0.2) is 12.5 Å². The van der Waals surface area contributed by atoms with Gasteiger partial charge in [0.2, 0.25) is 5.69 Å². The van der Waals surface area contributed by atoms with E-state index in [1.54, 1.807) is 5.10 Å². The van der Waals surface area contributed by atoms with Crippen LogP contribution in [-0.2, 0) is 6.42 Å². The van der Waals surface area contributed by atoms with Crippen molar-refractivity contribution in [3.63, 3.8) is 0 Å². The molecule has 1 heterocycles. The Morgan fingerprint density at radius 3 is 2.53 bits per heavy atom. The maximum Gasteiger partial charge on any atom is 0.359 e. The Hall–Kier alpha value is -1.60. The van der Waals surface area contributed by atoms with Crippen molar-refractivity contribution in [3.8, 4) is 0 Å². The van der Waals surface area contributed by atoms with Gasteiger partial charge in [-0.25, -0.2) is 22.4 Å². The van der Waals surface area contributed by atoms with E-state index in [9.17, 15) is 22.4 Å². The topological polar surface area (TPSA) is 66.0 Å². The van der Waals surface area contributed by atoms with Gasteiger partial charge < -0.3 is 5.11 Å². The van der Waals surface area contributed by atoms with Crippen molar-refractivity contribution in [1.82, 2.24) is 10.2 Å². The second kappa shape index (κ2) is 3.87. The Morgan fingerprint density at radius 2 is 2.13 bits per heavy atom. The van der Waals surface area contributed by atoms with Crippen molar-refractivity contribution >= 4 is 5.97 Å². The van der Waals surface area contributed by atoms with Gasteiger partial charge in [-0.1, -0.05) is 0 Å². The smallest absolute Gasteiger partial charge is 0.359 e. The summed E-state index contributed by atoms with van der Waals surface area (Å²) < 4.78 is 49.7. The van der Waals surface area contributed by atoms with Crippen LogP contribution in [0, 0.1) is 5.82 Å². The molecule has 1 rings (SSSR count). The number of nitrogens with one attached hydrogen (secondary N) is 1. The summed E-state index contributed by atoms with van der Waals surface area (Å²) in [6.45, 7) is -1.95. The first kappa shape index (κ1) is 11.5. The van der Waals surface area contributed by atoms with Gasteiger partial charge in [-0.2, -0.15) is 5.10 Å². The summed E-state index contributed by atoms with van der Waals surface area (Å²) in [4.78, 5) is 10.3. The number of alkyl halides is 3. The number of H-pyrrole nitrogens is 1. The van der Waals surface area contributed by atoms with E-state index in [1.165, 1.54) is 0 Å². The average Bonchev–Trinajstić information content (AvgIpc) is 2.48. The molecule has 0 saturated carbocycles. The lowest BCUT2D eigenvalue weighted by atomic mass is 10.2. The fourth-order valence-electron chi connectivity index (χ4n) is 0.929. The number of rotatable bonds is 4. The average molecular weight is 226 g/mol. The Kier molecular flexibility index (Phi) is 2.96. The number of carbonyl (C=O) groups is 1. The summed E-state index contributed by atoms with van der Waals surface area (Å²) in [5.41, 5.74) is -1.71. The molecule has 15 heavy (non-hydrogen) atoms. The molecule has 0 unspecified atom stereocenters. The SMILES string of the molecule is O=C(O)c1n[nH]c(CC(F)(F)CF)c1F. The maximum atomic E-state index is 13.0. The number of aromatic carboxylic acids is 1. The lowest BCUT2D eigenvalue weighted by Gasteiger charge is -2.09. The molecular weight excluding hydrogens is 220 g/mol. The van der Waals surface area contributed by atoms with E-state index in [-0.39, 0.29) is 0 Å². The fraction of sp³-hybridized carbons (Fsp3) is 0.429. The van der Waals surface area contributed by atoms with Crippen LogP contribution >= 0.6 is 0 Å². The van der Waals surface area contributed by atoms with Crippen LogP contribution in [-0.4, -0.2) is 33.9 Å². The molecule has 84 valence electrons. The van der Waals surface area contributed by atoms with Crippen molar-refractivity contribution < 1.29 is 27.5 Å². The van der Waals surface area contributed by atoms with E-state index >= 15 is 0 Å². The van der Waals surface area contributed by atoms with Crippen molar-refractivity contribution in [2.24, 2.45) is 0 Å². The molecule has 0 bridgehead atoms. The first-order valence-corrected chi connectivity index (χ1v) is 3.77. The van der Waals surface area contributed by atoms with E-state index in [4.69, 9.17) is 5.11 Å². The van der Waals surface area contributed by atoms with Crippen molar-refractivity contribution in [2.75, 3.05) is 6.67 Å². The van der Waals surface area contributed by atoms with Crippen LogP contribution < -0.4 is 0 Å². The zero-order valence-electron chi connectivity index (χ0n) is 7.23. The third-order valence-electron chi connectivity index (χ3n) is 1.61. The Morgan fingerprint density at radius 1 is 1.53 bits per heavy atom. The quantitative estimate of drug-likeness (QED) is 0.762. The Labute approximate surface area is 80.9 Å². The van der Waals surface area contributed by atoms with Crippen molar-refractivity contribution in [2.45, 2.75) is 12.3 Å². The highest BCUT2D eigenvalue weighted by Crippen LogP contribution is 2.22. The monoisotopic (exact) mass is 226 g/mol. The molecule has 0 fully saturated rings. The lowest BCUT2D eigenvalue weighted by molar-refractivity contribution is -0.0231. The minimum absolute atomic E-state index is 0.727. The van der Waals surface area contributed by atoms with Crippen LogP contribution in [0.1, 0.15) is 16.2 Å². The molecule has 0 saturated heterocycles. The second-order valence-corrected chi connectivity index (χ2v) is 2.84. The molecule has 2 N–H and O–H groups in total. The molecule has 0 aliphatic rings. The van der Waals surface area contributed by atoms with Gasteiger partial charge >= 0.3 is 5.97 Å². The molecule has 0 radical (unpaired) electrons. The second-order valence-electron chi connectivity index (χ2n) is 2.84. The molecule has 0 atom stereocenters. The lowest BCUT2D eigenvalue weighted by Crippen LogP contribution is -2.22. The minimum atomic E-state index is -3.73. The molecule has 0 aliphatic heterocycles. The summed E-state index contributed by atoms with van der Waals surface area (Å²) in [5.74, 6) is -6.81. The van der Waals surface area contributed by atoms with E-state index in [1.807, 2.05) is 0 Å². The number of halogens is 4. The standard InChI is InChI=1S/C7H6F4N2O2/c8-2-7(10,11)1-3-4(9)5(6(14)15)13-12-3/h1-2H2,(H,12,13)(H,14,15). The molecule has 1 aromatic heterocycles. The molecule has 4 nitrogen and oxygen atoms in total. The van der Waals surface area contributed by atoms with Crippen molar-refractivity contribution in [3.05, 3.63) is 17.2 Å². The number of nitrogens with zero attached hydrogens (tertiary/aromatic N) is 1. The van der Waals surface area contributed by atoms with Gasteiger partial charge in [0, 0.05) is 0 Å². The maximum absolute atomic E-state index is 13.0. The van der Waals surface area contributed by atoms with E-state index in [2.05, 4.69) is 5.10 Å². The number of hydrogen-bond donors (Lipinski definition) is 2. The summed E-state index contributed by atoms with van der Waals surface area (Å²) >= 11 is 0. The van der Waals surface area contributed by atoms with Gasteiger partial charge in [0.1, 0.15) is 0 Å². The van der Waals surface area contributed by atoms with Gasteiger partial charge in [-0.15, -0.1) is 0 Å². The van der Waals surface area contributed by atoms with Crippen LogP contribution in [0.2, 0.25) is 0 Å². The number of carboxylic acid groups (broad SMARTS) is 1. The highest BCUT2D eigenvalue weighted by Gasteiger charge is 2.33. The fourth-order valence-corrected chi connectivity index (χ4v) is 0.929. The molecule has 0 spiro atoms. The summed E-state index contributed by atoms with van der Waals surface area (Å²) in [6.07, 6.45) is -1.25. The molecule has 0 amide bonds. The molecule has 1 aromatic rings. The summed E-state index contributed by atoms with van der Waals surface area (Å²) in [5, 5.41) is 13.1. The number of aromatic amines is 1. The third-order valence-corrected chi connectivity index (χ3v) is 1.61. The van der Waals surface area contributed by atoms with E-state index in [0.717, 1.165) is 0 Å². The normalized spacial score (nSPS) is 11.7. The molecule has 0 aliphatic carbocycles. The van der Waals surface area contributed by atoms with Crippen LogP contribution in [0.4, 0.5) is 17.6 Å². The first-order valence-electron chi connectivity index (χ1n) is 3.77. The first-order chi connectivity index (χ1) is 6.87. The van der Waals surface area contributed by atoms with Crippen LogP contribution in [0.3, 0.4) is 0 Å². The van der Waals surface area contributed by atoms with E-state index < -0.39 is 42.2 Å². The Bertz CT molecular complexity index is 377. The zero-order valence-corrected chi connectivity index (χ0v) is 7.23. The minimum Gasteiger partial charge on any atom is -0.476 e. The number of aromatic nitrogens is 2. The zero-order chi connectivity index (χ0) is 11.6. The van der Waals surface area contributed by atoms with Gasteiger partial charge in [-0.05, 0) is 0 Å². The van der Waals surface area contributed by atoms with Crippen LogP contribution in [0.5, 0.6) is 0 Å². The predicted molar refractivity (Wildman–Crippen MR) is 40.1 cm³/mol. The molecule has 8 heteroatoms. The van der Waals surface area contributed by atoms with Crippen molar-refractivity contribution in [1.29, 1.82) is 0 Å². The van der Waals surface area contributed by atoms with Gasteiger partial charge in [-0.3, -0.25) is 5.10 Å². The predicted octanol–water partition coefficient (Wildman–Crippen LogP) is 1.39. The third kappa shape index (κ3) is 2.45. The van der Waals surface area contributed by atoms with Gasteiger partial charge in [0.25, 0.3) is 5.92 Å². The van der Waals surface area contributed by atoms with E-state index in [0.29, 0.717) is 0 Å². The highest BCUT2D eigenvalue weighted by atomic mass is 19.3. The van der Waals surface area contributed by atoms with Gasteiger partial charge in [0.05, 0.1) is 12.1 Å². The number of hydrogen-bond acceptors (Lipinski definition) is 2. The number of carboxylic acids is 1.